The van der Waals surface area contributed by atoms with Crippen molar-refractivity contribution in [2.45, 2.75) is 43.0 Å². The van der Waals surface area contributed by atoms with Gasteiger partial charge in [-0.1, -0.05) is 18.9 Å². The maximum Gasteiger partial charge on any atom is 0.310 e. The molecule has 1 aromatic rings. The number of nitro benzene ring substituents is 1. The first-order chi connectivity index (χ1) is 9.23. The molecule has 1 aliphatic rings. The average Bonchev–Trinajstić information content (AvgIpc) is 2.74. The molecule has 1 N–H and O–H groups in total. The molecule has 1 saturated carbocycles. The normalized spacial score (nSPS) is 17.9. The molecule has 0 aliphatic heterocycles. The summed E-state index contributed by atoms with van der Waals surface area (Å²) in [7, 11) is -3.64. The van der Waals surface area contributed by atoms with Crippen LogP contribution in [0.4, 0.5) is 11.4 Å². The van der Waals surface area contributed by atoms with E-state index in [0.29, 0.717) is 0 Å². The molecule has 2 rings (SSSR count). The van der Waals surface area contributed by atoms with Crippen LogP contribution in [-0.2, 0) is 9.84 Å². The van der Waals surface area contributed by atoms with Crippen molar-refractivity contribution in [3.8, 4) is 0 Å². The van der Waals surface area contributed by atoms with E-state index in [-0.39, 0.29) is 21.8 Å². The fourth-order valence-corrected chi connectivity index (χ4v) is 3.58. The van der Waals surface area contributed by atoms with Gasteiger partial charge in [0.05, 0.1) is 4.92 Å². The van der Waals surface area contributed by atoms with Gasteiger partial charge in [0.1, 0.15) is 10.6 Å². The van der Waals surface area contributed by atoms with Gasteiger partial charge >= 0.3 is 5.69 Å². The van der Waals surface area contributed by atoms with Crippen LogP contribution in [-0.4, -0.2) is 25.1 Å². The van der Waals surface area contributed by atoms with E-state index in [2.05, 4.69) is 5.32 Å². The van der Waals surface area contributed by atoms with Gasteiger partial charge in [-0.3, -0.25) is 10.1 Å². The van der Waals surface area contributed by atoms with E-state index in [4.69, 9.17) is 0 Å². The highest BCUT2D eigenvalue weighted by Crippen LogP contribution is 2.38. The number of benzene rings is 1. The second-order valence-corrected chi connectivity index (χ2v) is 7.56. The van der Waals surface area contributed by atoms with Gasteiger partial charge in [0.25, 0.3) is 0 Å². The lowest BCUT2D eigenvalue weighted by atomic mass is 10.00. The SMILES string of the molecule is CC1(Nc2cccc(S(C)(=O)=O)c2[N+](=O)[O-])CCCC1. The molecule has 0 aromatic heterocycles. The Labute approximate surface area is 118 Å². The van der Waals surface area contributed by atoms with Crippen LogP contribution in [0.5, 0.6) is 0 Å². The molecule has 1 fully saturated rings. The standard InChI is InChI=1S/C13H18N2O4S/c1-13(8-3-4-9-13)14-10-6-5-7-11(20(2,18)19)12(10)15(16)17/h5-7,14H,3-4,8-9H2,1-2H3. The molecule has 1 aromatic carbocycles. The number of nitrogens with one attached hydrogen (secondary N) is 1. The van der Waals surface area contributed by atoms with E-state index < -0.39 is 14.8 Å². The van der Waals surface area contributed by atoms with Gasteiger partial charge in [-0.2, -0.15) is 0 Å². The van der Waals surface area contributed by atoms with Crippen LogP contribution in [0.3, 0.4) is 0 Å². The minimum atomic E-state index is -3.64. The van der Waals surface area contributed by atoms with Crippen molar-refractivity contribution in [3.05, 3.63) is 28.3 Å². The summed E-state index contributed by atoms with van der Waals surface area (Å²) in [6, 6.07) is 4.37. The zero-order valence-electron chi connectivity index (χ0n) is 11.5. The van der Waals surface area contributed by atoms with Crippen LogP contribution >= 0.6 is 0 Å². The molecular weight excluding hydrogens is 280 g/mol. The first kappa shape index (κ1) is 14.8. The Bertz CT molecular complexity index is 634. The predicted octanol–water partition coefficient (Wildman–Crippen LogP) is 2.74. The number of anilines is 1. The summed E-state index contributed by atoms with van der Waals surface area (Å²) in [4.78, 5) is 10.4. The summed E-state index contributed by atoms with van der Waals surface area (Å²) in [5, 5.41) is 14.4. The number of hydrogen-bond acceptors (Lipinski definition) is 5. The molecule has 0 saturated heterocycles. The van der Waals surface area contributed by atoms with Crippen molar-refractivity contribution in [1.82, 2.24) is 0 Å². The van der Waals surface area contributed by atoms with E-state index in [1.54, 1.807) is 6.07 Å². The van der Waals surface area contributed by atoms with Gasteiger partial charge in [-0.25, -0.2) is 8.42 Å². The largest absolute Gasteiger partial charge is 0.374 e. The van der Waals surface area contributed by atoms with Crippen molar-refractivity contribution in [2.75, 3.05) is 11.6 Å². The van der Waals surface area contributed by atoms with Crippen molar-refractivity contribution in [2.24, 2.45) is 0 Å². The highest BCUT2D eigenvalue weighted by molar-refractivity contribution is 7.90. The van der Waals surface area contributed by atoms with Crippen LogP contribution in [0.1, 0.15) is 32.6 Å². The summed E-state index contributed by atoms with van der Waals surface area (Å²) in [5.41, 5.74) is -0.286. The van der Waals surface area contributed by atoms with Gasteiger partial charge in [0.15, 0.2) is 9.84 Å². The van der Waals surface area contributed by atoms with Crippen LogP contribution < -0.4 is 5.32 Å². The Hall–Kier alpha value is -1.63. The number of nitrogens with zero attached hydrogens (tertiary/aromatic N) is 1. The maximum atomic E-state index is 11.7. The minimum absolute atomic E-state index is 0.207. The molecule has 6 nitrogen and oxygen atoms in total. The van der Waals surface area contributed by atoms with Crippen LogP contribution in [0.25, 0.3) is 0 Å². The van der Waals surface area contributed by atoms with Crippen LogP contribution in [0, 0.1) is 10.1 Å². The third-order valence-electron chi connectivity index (χ3n) is 3.72. The molecule has 1 aliphatic carbocycles. The molecule has 0 atom stereocenters. The van der Waals surface area contributed by atoms with Gasteiger partial charge in [0, 0.05) is 11.8 Å². The zero-order valence-corrected chi connectivity index (χ0v) is 12.4. The quantitative estimate of drug-likeness (QED) is 0.682. The lowest BCUT2D eigenvalue weighted by molar-refractivity contribution is -0.386. The van der Waals surface area contributed by atoms with E-state index in [1.165, 1.54) is 12.1 Å². The smallest absolute Gasteiger partial charge is 0.310 e. The lowest BCUT2D eigenvalue weighted by Gasteiger charge is -2.26. The topological polar surface area (TPSA) is 89.3 Å². The molecule has 110 valence electrons. The second kappa shape index (κ2) is 5.05. The third kappa shape index (κ3) is 2.92. The van der Waals surface area contributed by atoms with E-state index in [1.807, 2.05) is 6.92 Å². The first-order valence-corrected chi connectivity index (χ1v) is 8.38. The number of para-hydroxylation sites is 1. The van der Waals surface area contributed by atoms with Gasteiger partial charge in [-0.15, -0.1) is 0 Å². The molecule has 0 unspecified atom stereocenters. The Morgan fingerprint density at radius 1 is 1.30 bits per heavy atom. The summed E-state index contributed by atoms with van der Waals surface area (Å²) in [6.07, 6.45) is 4.98. The number of rotatable bonds is 4. The number of hydrogen-bond donors (Lipinski definition) is 1. The van der Waals surface area contributed by atoms with Crippen molar-refractivity contribution >= 4 is 21.2 Å². The van der Waals surface area contributed by atoms with E-state index in [9.17, 15) is 18.5 Å². The molecule has 7 heteroatoms. The van der Waals surface area contributed by atoms with Gasteiger partial charge in [0.2, 0.25) is 0 Å². The zero-order chi connectivity index (χ0) is 15.0. The minimum Gasteiger partial charge on any atom is -0.374 e. The number of sulfone groups is 1. The summed E-state index contributed by atoms with van der Waals surface area (Å²) >= 11 is 0. The molecular formula is C13H18N2O4S. The molecule has 0 radical (unpaired) electrons. The lowest BCUT2D eigenvalue weighted by Crippen LogP contribution is -2.31. The van der Waals surface area contributed by atoms with E-state index in [0.717, 1.165) is 31.9 Å². The summed E-state index contributed by atoms with van der Waals surface area (Å²) in [5.74, 6) is 0. The highest BCUT2D eigenvalue weighted by atomic mass is 32.2. The molecule has 0 heterocycles. The van der Waals surface area contributed by atoms with Crippen molar-refractivity contribution in [1.29, 1.82) is 0 Å². The molecule has 20 heavy (non-hydrogen) atoms. The fraction of sp³-hybridized carbons (Fsp3) is 0.538. The molecule has 0 amide bonds. The predicted molar refractivity (Wildman–Crippen MR) is 76.7 cm³/mol. The Kier molecular flexibility index (Phi) is 3.73. The van der Waals surface area contributed by atoms with Crippen LogP contribution in [0.15, 0.2) is 23.1 Å². The summed E-state index contributed by atoms with van der Waals surface area (Å²) in [6.45, 7) is 2.01. The molecule has 0 bridgehead atoms. The third-order valence-corrected chi connectivity index (χ3v) is 4.85. The Balaban J connectivity index is 2.51. The van der Waals surface area contributed by atoms with Gasteiger partial charge in [-0.05, 0) is 31.9 Å². The Morgan fingerprint density at radius 2 is 1.90 bits per heavy atom. The highest BCUT2D eigenvalue weighted by Gasteiger charge is 2.33. The van der Waals surface area contributed by atoms with Crippen molar-refractivity contribution < 1.29 is 13.3 Å². The molecule has 0 spiro atoms. The van der Waals surface area contributed by atoms with Crippen molar-refractivity contribution in [3.63, 3.8) is 0 Å². The maximum absolute atomic E-state index is 11.7. The first-order valence-electron chi connectivity index (χ1n) is 6.49. The second-order valence-electron chi connectivity index (χ2n) is 5.57. The Morgan fingerprint density at radius 3 is 2.40 bits per heavy atom. The average molecular weight is 298 g/mol. The summed E-state index contributed by atoms with van der Waals surface area (Å²) < 4.78 is 23.4. The monoisotopic (exact) mass is 298 g/mol. The van der Waals surface area contributed by atoms with Gasteiger partial charge < -0.3 is 5.32 Å². The fourth-order valence-electron chi connectivity index (χ4n) is 2.72. The van der Waals surface area contributed by atoms with Crippen LogP contribution in [0.2, 0.25) is 0 Å². The number of nitro groups is 1. The van der Waals surface area contributed by atoms with E-state index >= 15 is 0 Å².